The second kappa shape index (κ2) is 6.38. The normalized spacial score (nSPS) is 26.8. The second-order valence-electron chi connectivity index (χ2n) is 8.88. The van der Waals surface area contributed by atoms with Crippen molar-refractivity contribution < 1.29 is 0 Å². The van der Waals surface area contributed by atoms with Crippen LogP contribution in [0.1, 0.15) is 97.8 Å². The van der Waals surface area contributed by atoms with E-state index in [-0.39, 0.29) is 5.54 Å². The zero-order valence-corrected chi connectivity index (χ0v) is 15.5. The molecule has 2 heteroatoms. The lowest BCUT2D eigenvalue weighted by atomic mass is 10.1. The Morgan fingerprint density at radius 1 is 0.619 bits per heavy atom. The molecule has 3 rings (SSSR count). The summed E-state index contributed by atoms with van der Waals surface area (Å²) in [6, 6.07) is 0. The molecule has 0 bridgehead atoms. The molecule has 0 atom stereocenters. The molecule has 122 valence electrons. The van der Waals surface area contributed by atoms with E-state index < -0.39 is 7.05 Å². The highest BCUT2D eigenvalue weighted by Gasteiger charge is 2.46. The van der Waals surface area contributed by atoms with Crippen LogP contribution in [0.2, 0.25) is 0 Å². The standard InChI is InChI=1S/C19H36NP/c1-19(2,3)20-21(16-10-4-5-11-16,17-12-6-7-13-17)18-14-8-9-15-18/h16-18H,4-15H2,1-3H3. The molecule has 0 amide bonds. The molecule has 0 saturated heterocycles. The Balaban J connectivity index is 2.06. The van der Waals surface area contributed by atoms with E-state index >= 15 is 0 Å². The first-order chi connectivity index (χ1) is 10.0. The molecule has 3 aliphatic carbocycles. The Bertz CT molecular complexity index is 341. The predicted octanol–water partition coefficient (Wildman–Crippen LogP) is 6.81. The van der Waals surface area contributed by atoms with Crippen molar-refractivity contribution in [2.45, 2.75) is 120 Å². The van der Waals surface area contributed by atoms with Crippen LogP contribution in [-0.4, -0.2) is 22.5 Å². The fraction of sp³-hybridized carbons (Fsp3) is 1.00. The predicted molar refractivity (Wildman–Crippen MR) is 95.9 cm³/mol. The van der Waals surface area contributed by atoms with Gasteiger partial charge in [0.05, 0.1) is 5.54 Å². The van der Waals surface area contributed by atoms with Gasteiger partial charge in [-0.1, -0.05) is 38.5 Å². The van der Waals surface area contributed by atoms with Gasteiger partial charge in [-0.2, -0.15) is 0 Å². The lowest BCUT2D eigenvalue weighted by molar-refractivity contribution is 0.580. The molecule has 0 unspecified atom stereocenters. The quantitative estimate of drug-likeness (QED) is 0.507. The van der Waals surface area contributed by atoms with Crippen molar-refractivity contribution in [1.29, 1.82) is 0 Å². The average Bonchev–Trinajstić information content (AvgIpc) is 3.15. The highest BCUT2D eigenvalue weighted by molar-refractivity contribution is 7.68. The summed E-state index contributed by atoms with van der Waals surface area (Å²) in [5, 5.41) is 0. The van der Waals surface area contributed by atoms with Gasteiger partial charge in [-0.05, 0) is 83.3 Å². The van der Waals surface area contributed by atoms with E-state index in [0.29, 0.717) is 0 Å². The minimum atomic E-state index is -1.14. The molecule has 3 saturated carbocycles. The monoisotopic (exact) mass is 309 g/mol. The molecule has 0 aromatic rings. The highest BCUT2D eigenvalue weighted by Crippen LogP contribution is 2.72. The minimum Gasteiger partial charge on any atom is -0.297 e. The first-order valence-corrected chi connectivity index (χ1v) is 11.6. The van der Waals surface area contributed by atoms with Gasteiger partial charge in [-0.25, -0.2) is 0 Å². The van der Waals surface area contributed by atoms with Gasteiger partial charge in [0.2, 0.25) is 0 Å². The lowest BCUT2D eigenvalue weighted by Crippen LogP contribution is -2.26. The van der Waals surface area contributed by atoms with E-state index in [1.165, 1.54) is 77.0 Å². The van der Waals surface area contributed by atoms with Crippen LogP contribution in [0.25, 0.3) is 0 Å². The Kier molecular flexibility index (Phi) is 4.90. The fourth-order valence-electron chi connectivity index (χ4n) is 5.61. The first-order valence-electron chi connectivity index (χ1n) is 9.65. The summed E-state index contributed by atoms with van der Waals surface area (Å²) in [4.78, 5) is 0. The van der Waals surface area contributed by atoms with Gasteiger partial charge in [0.15, 0.2) is 0 Å². The third-order valence-electron chi connectivity index (χ3n) is 6.20. The van der Waals surface area contributed by atoms with E-state index in [1.54, 1.807) is 0 Å². The Morgan fingerprint density at radius 2 is 0.905 bits per heavy atom. The van der Waals surface area contributed by atoms with Crippen LogP contribution >= 0.6 is 7.05 Å². The third-order valence-corrected chi connectivity index (χ3v) is 12.2. The summed E-state index contributed by atoms with van der Waals surface area (Å²) < 4.78 is 5.80. The smallest absolute Gasteiger partial charge is 0.0509 e. The van der Waals surface area contributed by atoms with Crippen LogP contribution in [0.4, 0.5) is 0 Å². The largest absolute Gasteiger partial charge is 0.297 e. The maximum atomic E-state index is 5.80. The molecule has 0 N–H and O–H groups in total. The van der Waals surface area contributed by atoms with Crippen molar-refractivity contribution in [2.24, 2.45) is 4.74 Å². The van der Waals surface area contributed by atoms with Gasteiger partial charge in [0, 0.05) is 0 Å². The van der Waals surface area contributed by atoms with Gasteiger partial charge in [0.1, 0.15) is 0 Å². The van der Waals surface area contributed by atoms with Crippen molar-refractivity contribution in [2.75, 3.05) is 0 Å². The van der Waals surface area contributed by atoms with Crippen molar-refractivity contribution in [3.8, 4) is 0 Å². The molecule has 0 radical (unpaired) electrons. The summed E-state index contributed by atoms with van der Waals surface area (Å²) in [5.74, 6) is 0. The van der Waals surface area contributed by atoms with E-state index in [0.717, 1.165) is 17.0 Å². The van der Waals surface area contributed by atoms with Gasteiger partial charge in [0.25, 0.3) is 0 Å². The zero-order chi connectivity index (χ0) is 14.9. The fourth-order valence-corrected chi connectivity index (χ4v) is 12.5. The highest BCUT2D eigenvalue weighted by atomic mass is 31.2. The van der Waals surface area contributed by atoms with Crippen molar-refractivity contribution >= 4 is 7.05 Å². The number of rotatable bonds is 3. The minimum absolute atomic E-state index is 0.182. The van der Waals surface area contributed by atoms with Crippen molar-refractivity contribution in [1.82, 2.24) is 0 Å². The van der Waals surface area contributed by atoms with Crippen LogP contribution in [-0.2, 0) is 0 Å². The lowest BCUT2D eigenvalue weighted by Gasteiger charge is -2.43. The summed E-state index contributed by atoms with van der Waals surface area (Å²) in [6.07, 6.45) is 18.0. The van der Waals surface area contributed by atoms with Crippen LogP contribution in [0.3, 0.4) is 0 Å². The van der Waals surface area contributed by atoms with Gasteiger partial charge in [-0.3, -0.25) is 4.74 Å². The van der Waals surface area contributed by atoms with Crippen LogP contribution in [0, 0.1) is 0 Å². The molecule has 0 heterocycles. The SMILES string of the molecule is CC(C)(C)N=P(C1CCCC1)(C1CCCC1)C1CCCC1. The number of hydrogen-bond donors (Lipinski definition) is 0. The van der Waals surface area contributed by atoms with E-state index in [4.69, 9.17) is 4.74 Å². The number of nitrogens with zero attached hydrogens (tertiary/aromatic N) is 1. The Labute approximate surface area is 132 Å². The van der Waals surface area contributed by atoms with Crippen molar-refractivity contribution in [3.63, 3.8) is 0 Å². The molecule has 3 fully saturated rings. The average molecular weight is 309 g/mol. The molecule has 1 nitrogen and oxygen atoms in total. The van der Waals surface area contributed by atoms with Crippen molar-refractivity contribution in [3.05, 3.63) is 0 Å². The maximum absolute atomic E-state index is 5.80. The number of hydrogen-bond acceptors (Lipinski definition) is 1. The Hall–Kier alpha value is 0.230. The summed E-state index contributed by atoms with van der Waals surface area (Å²) in [7, 11) is -1.14. The van der Waals surface area contributed by atoms with Gasteiger partial charge in [-0.15, -0.1) is 0 Å². The summed E-state index contributed by atoms with van der Waals surface area (Å²) in [6.45, 7) is 7.13. The third kappa shape index (κ3) is 3.29. The molecule has 0 aromatic heterocycles. The Morgan fingerprint density at radius 3 is 1.14 bits per heavy atom. The van der Waals surface area contributed by atoms with Crippen LogP contribution < -0.4 is 0 Å². The van der Waals surface area contributed by atoms with Gasteiger partial charge < -0.3 is 0 Å². The molecule has 0 aliphatic heterocycles. The molecule has 21 heavy (non-hydrogen) atoms. The molecule has 0 spiro atoms. The second-order valence-corrected chi connectivity index (χ2v) is 12.9. The maximum Gasteiger partial charge on any atom is 0.0509 e. The summed E-state index contributed by atoms with van der Waals surface area (Å²) >= 11 is 0. The van der Waals surface area contributed by atoms with Gasteiger partial charge >= 0.3 is 0 Å². The van der Waals surface area contributed by atoms with E-state index in [9.17, 15) is 0 Å². The van der Waals surface area contributed by atoms with E-state index in [2.05, 4.69) is 20.8 Å². The zero-order valence-electron chi connectivity index (χ0n) is 14.6. The van der Waals surface area contributed by atoms with E-state index in [1.807, 2.05) is 0 Å². The molecular formula is C19H36NP. The van der Waals surface area contributed by atoms with Crippen LogP contribution in [0.5, 0.6) is 0 Å². The molecular weight excluding hydrogens is 273 g/mol. The first kappa shape index (κ1) is 16.1. The molecule has 3 aliphatic rings. The molecule has 0 aromatic carbocycles. The topological polar surface area (TPSA) is 12.4 Å². The summed E-state index contributed by atoms with van der Waals surface area (Å²) in [5.41, 5.74) is 3.23. The van der Waals surface area contributed by atoms with Crippen LogP contribution in [0.15, 0.2) is 4.74 Å².